The van der Waals surface area contributed by atoms with E-state index in [0.717, 1.165) is 4.57 Å². The van der Waals surface area contributed by atoms with Gasteiger partial charge in [0.2, 0.25) is 11.7 Å². The number of rotatable bonds is 2. The van der Waals surface area contributed by atoms with Gasteiger partial charge in [-0.15, -0.1) is 0 Å². The van der Waals surface area contributed by atoms with Crippen LogP contribution in [0.25, 0.3) is 11.2 Å². The van der Waals surface area contributed by atoms with Crippen molar-refractivity contribution in [2.24, 2.45) is 0 Å². The maximum Gasteiger partial charge on any atom is 0.449 e. The highest BCUT2D eigenvalue weighted by Gasteiger charge is 2.38. The molecule has 3 rings (SSSR count). The molecule has 0 spiro atoms. The molecule has 1 fully saturated rings. The van der Waals surface area contributed by atoms with Crippen LogP contribution in [0, 0.1) is 6.92 Å². The fourth-order valence-electron chi connectivity index (χ4n) is 2.63. The number of hydrogen-bond donors (Lipinski definition) is 1. The molecule has 0 saturated carbocycles. The minimum absolute atomic E-state index is 0.0754. The number of aromatic nitrogens is 3. The van der Waals surface area contributed by atoms with Crippen LogP contribution in [0.1, 0.15) is 11.4 Å². The van der Waals surface area contributed by atoms with E-state index in [2.05, 4.69) is 15.3 Å². The van der Waals surface area contributed by atoms with Gasteiger partial charge in [-0.05, 0) is 18.6 Å². The lowest BCUT2D eigenvalue weighted by molar-refractivity contribution is -0.148. The van der Waals surface area contributed by atoms with Crippen molar-refractivity contribution in [3.63, 3.8) is 0 Å². The third kappa shape index (κ3) is 3.14. The summed E-state index contributed by atoms with van der Waals surface area (Å²) in [5.74, 6) is -1.45. The molecule has 3 heterocycles. The van der Waals surface area contributed by atoms with Crippen LogP contribution in [-0.2, 0) is 17.5 Å². The highest BCUT2D eigenvalue weighted by molar-refractivity contribution is 5.79. The molecule has 0 bridgehead atoms. The molecule has 1 amide bonds. The number of nitrogens with one attached hydrogen (secondary N) is 1. The highest BCUT2D eigenvalue weighted by Crippen LogP contribution is 2.31. The number of fused-ring (bicyclic) bond motifs is 1. The minimum Gasteiger partial charge on any atom is -0.339 e. The van der Waals surface area contributed by atoms with Crippen molar-refractivity contribution in [1.29, 1.82) is 0 Å². The summed E-state index contributed by atoms with van der Waals surface area (Å²) in [5, 5.41) is 3.09. The second kappa shape index (κ2) is 5.80. The Hall–Kier alpha value is -2.16. The van der Waals surface area contributed by atoms with Gasteiger partial charge in [-0.3, -0.25) is 9.36 Å². The first kappa shape index (κ1) is 15.7. The molecule has 1 aliphatic heterocycles. The fourth-order valence-corrected chi connectivity index (χ4v) is 2.63. The maximum absolute atomic E-state index is 13.2. The predicted molar refractivity (Wildman–Crippen MR) is 76.7 cm³/mol. The molecule has 0 aliphatic carbocycles. The van der Waals surface area contributed by atoms with E-state index in [1.807, 2.05) is 0 Å². The Bertz CT molecular complexity index is 734. The molecule has 9 heteroatoms. The van der Waals surface area contributed by atoms with Gasteiger partial charge in [-0.2, -0.15) is 13.2 Å². The van der Waals surface area contributed by atoms with E-state index in [1.54, 1.807) is 11.8 Å². The van der Waals surface area contributed by atoms with Crippen molar-refractivity contribution in [1.82, 2.24) is 24.8 Å². The van der Waals surface area contributed by atoms with Crippen LogP contribution in [-0.4, -0.2) is 51.5 Å². The molecule has 124 valence electrons. The molecular weight excluding hydrogens is 311 g/mol. The first-order valence-corrected chi connectivity index (χ1v) is 7.25. The molecule has 0 aromatic carbocycles. The number of aryl methyl sites for hydroxylation is 1. The molecule has 0 unspecified atom stereocenters. The Morgan fingerprint density at radius 1 is 1.35 bits per heavy atom. The average molecular weight is 327 g/mol. The molecule has 0 atom stereocenters. The zero-order valence-electron chi connectivity index (χ0n) is 12.5. The fraction of sp³-hybridized carbons (Fsp3) is 0.500. The van der Waals surface area contributed by atoms with Gasteiger partial charge < -0.3 is 10.2 Å². The lowest BCUT2D eigenvalue weighted by Gasteiger charge is -2.27. The second-order valence-corrected chi connectivity index (χ2v) is 5.51. The molecule has 1 N–H and O–H groups in total. The molecule has 23 heavy (non-hydrogen) atoms. The van der Waals surface area contributed by atoms with Gasteiger partial charge >= 0.3 is 6.18 Å². The minimum atomic E-state index is -4.64. The smallest absolute Gasteiger partial charge is 0.339 e. The second-order valence-electron chi connectivity index (χ2n) is 5.51. The van der Waals surface area contributed by atoms with Gasteiger partial charge in [0.25, 0.3) is 0 Å². The van der Waals surface area contributed by atoms with E-state index in [0.29, 0.717) is 31.7 Å². The van der Waals surface area contributed by atoms with Crippen LogP contribution < -0.4 is 5.32 Å². The quantitative estimate of drug-likeness (QED) is 0.900. The van der Waals surface area contributed by atoms with Crippen molar-refractivity contribution in [3.05, 3.63) is 23.7 Å². The first-order chi connectivity index (χ1) is 10.9. The van der Waals surface area contributed by atoms with Crippen LogP contribution in [0.2, 0.25) is 0 Å². The number of halogens is 3. The SMILES string of the molecule is Cc1cnc2c(c1)nc(C(F)(F)F)n2CC(=O)N1CCNCC1. The lowest BCUT2D eigenvalue weighted by atomic mass is 10.3. The number of pyridine rings is 1. The Morgan fingerprint density at radius 2 is 2.04 bits per heavy atom. The van der Waals surface area contributed by atoms with Gasteiger partial charge in [0, 0.05) is 32.4 Å². The van der Waals surface area contributed by atoms with Crippen LogP contribution in [0.15, 0.2) is 12.3 Å². The maximum atomic E-state index is 13.2. The van der Waals surface area contributed by atoms with E-state index in [-0.39, 0.29) is 17.1 Å². The summed E-state index contributed by atoms with van der Waals surface area (Å²) in [7, 11) is 0. The summed E-state index contributed by atoms with van der Waals surface area (Å²) in [6.45, 7) is 3.56. The number of carbonyl (C=O) groups excluding carboxylic acids is 1. The Labute approximate surface area is 130 Å². The summed E-state index contributed by atoms with van der Waals surface area (Å²) < 4.78 is 40.6. The van der Waals surface area contributed by atoms with Crippen LogP contribution in [0.4, 0.5) is 13.2 Å². The average Bonchev–Trinajstić information content (AvgIpc) is 2.86. The lowest BCUT2D eigenvalue weighted by Crippen LogP contribution is -2.47. The summed E-state index contributed by atoms with van der Waals surface area (Å²) >= 11 is 0. The topological polar surface area (TPSA) is 63.1 Å². The van der Waals surface area contributed by atoms with Gasteiger partial charge in [-0.25, -0.2) is 9.97 Å². The molecule has 1 aliphatic rings. The van der Waals surface area contributed by atoms with Crippen molar-refractivity contribution in [2.75, 3.05) is 26.2 Å². The van der Waals surface area contributed by atoms with E-state index in [9.17, 15) is 18.0 Å². The molecule has 1 saturated heterocycles. The number of alkyl halides is 3. The summed E-state index contributed by atoms with van der Waals surface area (Å²) in [4.78, 5) is 21.5. The first-order valence-electron chi connectivity index (χ1n) is 7.25. The summed E-state index contributed by atoms with van der Waals surface area (Å²) in [6.07, 6.45) is -3.17. The van der Waals surface area contributed by atoms with Gasteiger partial charge in [0.05, 0.1) is 0 Å². The van der Waals surface area contributed by atoms with E-state index in [1.165, 1.54) is 12.3 Å². The predicted octanol–water partition coefficient (Wildman–Crippen LogP) is 1.19. The number of hydrogen-bond acceptors (Lipinski definition) is 4. The largest absolute Gasteiger partial charge is 0.449 e. The number of carbonyl (C=O) groups is 1. The molecule has 6 nitrogen and oxygen atoms in total. The van der Waals surface area contributed by atoms with Crippen molar-refractivity contribution >= 4 is 17.1 Å². The molecule has 2 aromatic rings. The molecule has 2 aromatic heterocycles. The van der Waals surface area contributed by atoms with Crippen molar-refractivity contribution in [3.8, 4) is 0 Å². The van der Waals surface area contributed by atoms with E-state index >= 15 is 0 Å². The Morgan fingerprint density at radius 3 is 2.70 bits per heavy atom. The monoisotopic (exact) mass is 327 g/mol. The highest BCUT2D eigenvalue weighted by atomic mass is 19.4. The number of amides is 1. The van der Waals surface area contributed by atoms with E-state index in [4.69, 9.17) is 0 Å². The molecular formula is C14H16F3N5O. The van der Waals surface area contributed by atoms with Crippen LogP contribution in [0.3, 0.4) is 0 Å². The normalized spacial score (nSPS) is 16.1. The van der Waals surface area contributed by atoms with Crippen LogP contribution >= 0.6 is 0 Å². The zero-order valence-corrected chi connectivity index (χ0v) is 12.5. The third-order valence-corrected chi connectivity index (χ3v) is 3.74. The Kier molecular flexibility index (Phi) is 3.97. The van der Waals surface area contributed by atoms with Gasteiger partial charge in [0.15, 0.2) is 5.65 Å². The summed E-state index contributed by atoms with van der Waals surface area (Å²) in [6, 6.07) is 1.53. The standard InChI is InChI=1S/C14H16F3N5O/c1-9-6-10-12(19-7-9)22(13(20-10)14(15,16)17)8-11(23)21-4-2-18-3-5-21/h6-7,18H,2-5,8H2,1H3. The van der Waals surface area contributed by atoms with Gasteiger partial charge in [0.1, 0.15) is 12.1 Å². The van der Waals surface area contributed by atoms with Gasteiger partial charge in [-0.1, -0.05) is 0 Å². The zero-order chi connectivity index (χ0) is 16.6. The number of imidazole rings is 1. The van der Waals surface area contributed by atoms with E-state index < -0.39 is 18.5 Å². The molecule has 0 radical (unpaired) electrons. The van der Waals surface area contributed by atoms with Crippen molar-refractivity contribution in [2.45, 2.75) is 19.6 Å². The van der Waals surface area contributed by atoms with Crippen LogP contribution in [0.5, 0.6) is 0 Å². The summed E-state index contributed by atoms with van der Waals surface area (Å²) in [5.41, 5.74) is 0.932. The Balaban J connectivity index is 1.99. The third-order valence-electron chi connectivity index (χ3n) is 3.74. The number of nitrogens with zero attached hydrogens (tertiary/aromatic N) is 4. The van der Waals surface area contributed by atoms with Crippen molar-refractivity contribution < 1.29 is 18.0 Å². The number of piperazine rings is 1.